The Hall–Kier alpha value is -1.22. The van der Waals surface area contributed by atoms with Crippen molar-refractivity contribution in [3.05, 3.63) is 23.8 Å². The van der Waals surface area contributed by atoms with Crippen LogP contribution in [0.4, 0.5) is 5.69 Å². The summed E-state index contributed by atoms with van der Waals surface area (Å²) >= 11 is 0. The van der Waals surface area contributed by atoms with Crippen LogP contribution in [0.3, 0.4) is 0 Å². The van der Waals surface area contributed by atoms with Gasteiger partial charge < -0.3 is 15.3 Å². The number of phenols is 1. The Labute approximate surface area is 116 Å². The molecule has 1 saturated heterocycles. The number of hydrogen-bond acceptors (Lipinski definition) is 3. The van der Waals surface area contributed by atoms with E-state index in [9.17, 15) is 5.11 Å². The molecule has 1 atom stereocenters. The molecule has 1 aromatic carbocycles. The second kappa shape index (κ2) is 6.29. The zero-order valence-electron chi connectivity index (χ0n) is 12.3. The van der Waals surface area contributed by atoms with Crippen LogP contribution in [-0.4, -0.2) is 35.2 Å². The summed E-state index contributed by atoms with van der Waals surface area (Å²) in [5, 5.41) is 13.3. The van der Waals surface area contributed by atoms with Crippen molar-refractivity contribution in [1.82, 2.24) is 4.90 Å². The Kier molecular flexibility index (Phi) is 4.70. The maximum atomic E-state index is 9.75. The van der Waals surface area contributed by atoms with Crippen molar-refractivity contribution in [2.45, 2.75) is 52.1 Å². The standard InChI is InChI=1S/C16H26N2O/c1-12(2)18-9-4-5-14(8-10-18)17-15-7-6-13(3)16(19)11-15/h6-7,11-12,14,17,19H,4-5,8-10H2,1-3H3. The minimum absolute atomic E-state index is 0.377. The fourth-order valence-electron chi connectivity index (χ4n) is 2.71. The number of nitrogens with one attached hydrogen (secondary N) is 1. The van der Waals surface area contributed by atoms with E-state index in [2.05, 4.69) is 30.1 Å². The third-order valence-electron chi connectivity index (χ3n) is 4.07. The van der Waals surface area contributed by atoms with E-state index in [1.807, 2.05) is 19.1 Å². The minimum atomic E-state index is 0.377. The topological polar surface area (TPSA) is 35.5 Å². The molecule has 1 aliphatic rings. The van der Waals surface area contributed by atoms with Crippen molar-refractivity contribution in [2.24, 2.45) is 0 Å². The van der Waals surface area contributed by atoms with Crippen LogP contribution >= 0.6 is 0 Å². The fourth-order valence-corrected chi connectivity index (χ4v) is 2.71. The summed E-state index contributed by atoms with van der Waals surface area (Å²) in [5.41, 5.74) is 1.96. The number of phenolic OH excluding ortho intramolecular Hbond substituents is 1. The van der Waals surface area contributed by atoms with Crippen LogP contribution in [0.2, 0.25) is 0 Å². The largest absolute Gasteiger partial charge is 0.508 e. The second-order valence-corrected chi connectivity index (χ2v) is 5.90. The van der Waals surface area contributed by atoms with Gasteiger partial charge in [0.05, 0.1) is 0 Å². The van der Waals surface area contributed by atoms with Crippen LogP contribution in [0.1, 0.15) is 38.7 Å². The summed E-state index contributed by atoms with van der Waals surface area (Å²) in [6.07, 6.45) is 3.62. The van der Waals surface area contributed by atoms with Crippen LogP contribution in [-0.2, 0) is 0 Å². The molecule has 2 rings (SSSR count). The fraction of sp³-hybridized carbons (Fsp3) is 0.625. The number of likely N-dealkylation sites (tertiary alicyclic amines) is 1. The molecule has 19 heavy (non-hydrogen) atoms. The van der Waals surface area contributed by atoms with Crippen molar-refractivity contribution in [2.75, 3.05) is 18.4 Å². The first-order valence-corrected chi connectivity index (χ1v) is 7.36. The van der Waals surface area contributed by atoms with Crippen LogP contribution in [0, 0.1) is 6.92 Å². The van der Waals surface area contributed by atoms with Gasteiger partial charge in [-0.2, -0.15) is 0 Å². The van der Waals surface area contributed by atoms with Gasteiger partial charge in [-0.25, -0.2) is 0 Å². The van der Waals surface area contributed by atoms with Gasteiger partial charge in [-0.05, 0) is 58.2 Å². The van der Waals surface area contributed by atoms with E-state index < -0.39 is 0 Å². The highest BCUT2D eigenvalue weighted by Crippen LogP contribution is 2.23. The van der Waals surface area contributed by atoms with Crippen LogP contribution in [0.5, 0.6) is 5.75 Å². The van der Waals surface area contributed by atoms with Crippen molar-refractivity contribution < 1.29 is 5.11 Å². The molecule has 0 bridgehead atoms. The molecular weight excluding hydrogens is 236 g/mol. The molecule has 3 nitrogen and oxygen atoms in total. The predicted molar refractivity (Wildman–Crippen MR) is 80.8 cm³/mol. The number of nitrogens with zero attached hydrogens (tertiary/aromatic N) is 1. The molecule has 1 aromatic rings. The maximum absolute atomic E-state index is 9.75. The first-order chi connectivity index (χ1) is 9.06. The Balaban J connectivity index is 1.94. The molecule has 2 N–H and O–H groups in total. The summed E-state index contributed by atoms with van der Waals surface area (Å²) in [5.74, 6) is 0.377. The van der Waals surface area contributed by atoms with Crippen molar-refractivity contribution in [3.63, 3.8) is 0 Å². The monoisotopic (exact) mass is 262 g/mol. The number of rotatable bonds is 3. The van der Waals surface area contributed by atoms with Crippen molar-refractivity contribution in [1.29, 1.82) is 0 Å². The number of benzene rings is 1. The molecule has 106 valence electrons. The Bertz CT molecular complexity index is 417. The Morgan fingerprint density at radius 1 is 1.26 bits per heavy atom. The van der Waals surface area contributed by atoms with Gasteiger partial charge in [0.2, 0.25) is 0 Å². The van der Waals surface area contributed by atoms with Crippen LogP contribution < -0.4 is 5.32 Å². The average Bonchev–Trinajstić information content (AvgIpc) is 2.59. The lowest BCUT2D eigenvalue weighted by Crippen LogP contribution is -2.32. The lowest BCUT2D eigenvalue weighted by molar-refractivity contribution is 0.230. The molecule has 1 fully saturated rings. The summed E-state index contributed by atoms with van der Waals surface area (Å²) in [6, 6.07) is 7.02. The SMILES string of the molecule is Cc1ccc(NC2CCCN(C(C)C)CC2)cc1O. The molecular formula is C16H26N2O. The number of hydrogen-bond donors (Lipinski definition) is 2. The predicted octanol–water partition coefficient (Wildman–Crippen LogP) is 3.38. The minimum Gasteiger partial charge on any atom is -0.508 e. The molecule has 1 heterocycles. The van der Waals surface area contributed by atoms with E-state index in [1.54, 1.807) is 0 Å². The molecule has 1 aliphatic heterocycles. The molecule has 0 amide bonds. The quantitative estimate of drug-likeness (QED) is 0.876. The second-order valence-electron chi connectivity index (χ2n) is 5.90. The molecule has 0 aliphatic carbocycles. The van der Waals surface area contributed by atoms with Crippen molar-refractivity contribution in [3.8, 4) is 5.75 Å². The average molecular weight is 262 g/mol. The lowest BCUT2D eigenvalue weighted by Gasteiger charge is -2.24. The van der Waals surface area contributed by atoms with Crippen LogP contribution in [0.15, 0.2) is 18.2 Å². The van der Waals surface area contributed by atoms with Gasteiger partial charge in [-0.15, -0.1) is 0 Å². The lowest BCUT2D eigenvalue weighted by atomic mass is 10.1. The number of aromatic hydroxyl groups is 1. The van der Waals surface area contributed by atoms with Gasteiger partial charge in [-0.1, -0.05) is 6.07 Å². The summed E-state index contributed by atoms with van der Waals surface area (Å²) in [4.78, 5) is 2.55. The number of aryl methyl sites for hydroxylation is 1. The summed E-state index contributed by atoms with van der Waals surface area (Å²) in [7, 11) is 0. The highest BCUT2D eigenvalue weighted by Gasteiger charge is 2.18. The zero-order valence-corrected chi connectivity index (χ0v) is 12.3. The third kappa shape index (κ3) is 3.87. The molecule has 0 saturated carbocycles. The van der Waals surface area contributed by atoms with E-state index >= 15 is 0 Å². The van der Waals surface area contributed by atoms with Crippen molar-refractivity contribution >= 4 is 5.69 Å². The zero-order chi connectivity index (χ0) is 13.8. The van der Waals surface area contributed by atoms with E-state index in [4.69, 9.17) is 0 Å². The van der Waals surface area contributed by atoms with Gasteiger partial charge in [0.1, 0.15) is 5.75 Å². The van der Waals surface area contributed by atoms with Gasteiger partial charge in [-0.3, -0.25) is 0 Å². The normalized spacial score (nSPS) is 21.4. The summed E-state index contributed by atoms with van der Waals surface area (Å²) in [6.45, 7) is 8.82. The van der Waals surface area contributed by atoms with Crippen LogP contribution in [0.25, 0.3) is 0 Å². The van der Waals surface area contributed by atoms with Gasteiger partial charge >= 0.3 is 0 Å². The molecule has 0 spiro atoms. The first-order valence-electron chi connectivity index (χ1n) is 7.36. The Morgan fingerprint density at radius 2 is 2.05 bits per heavy atom. The van der Waals surface area contributed by atoms with E-state index in [0.29, 0.717) is 17.8 Å². The molecule has 3 heteroatoms. The van der Waals surface area contributed by atoms with E-state index in [1.165, 1.54) is 25.8 Å². The Morgan fingerprint density at radius 3 is 2.74 bits per heavy atom. The molecule has 0 radical (unpaired) electrons. The van der Waals surface area contributed by atoms with Gasteiger partial charge in [0.25, 0.3) is 0 Å². The van der Waals surface area contributed by atoms with E-state index in [0.717, 1.165) is 17.8 Å². The van der Waals surface area contributed by atoms with E-state index in [-0.39, 0.29) is 0 Å². The smallest absolute Gasteiger partial charge is 0.120 e. The van der Waals surface area contributed by atoms with Gasteiger partial charge in [0.15, 0.2) is 0 Å². The highest BCUT2D eigenvalue weighted by atomic mass is 16.3. The van der Waals surface area contributed by atoms with Gasteiger partial charge in [0, 0.05) is 30.4 Å². The molecule has 0 aromatic heterocycles. The summed E-state index contributed by atoms with van der Waals surface area (Å²) < 4.78 is 0. The maximum Gasteiger partial charge on any atom is 0.120 e. The highest BCUT2D eigenvalue weighted by molar-refractivity contribution is 5.51. The molecule has 1 unspecified atom stereocenters. The first kappa shape index (κ1) is 14.2. The number of anilines is 1. The third-order valence-corrected chi connectivity index (χ3v) is 4.07.